The number of para-hydroxylation sites is 1. The van der Waals surface area contributed by atoms with Crippen LogP contribution in [0.4, 0.5) is 4.79 Å². The third kappa shape index (κ3) is 6.50. The zero-order chi connectivity index (χ0) is 31.6. The number of carbonyl (C=O) groups excluding carboxylic acids is 2. The molecule has 1 saturated heterocycles. The molecule has 2 fully saturated rings. The molecule has 2 aromatic heterocycles. The normalized spacial score (nSPS) is 20.5. The van der Waals surface area contributed by atoms with Gasteiger partial charge in [0.1, 0.15) is 11.6 Å². The van der Waals surface area contributed by atoms with E-state index in [1.54, 1.807) is 9.58 Å². The van der Waals surface area contributed by atoms with Crippen LogP contribution in [0.25, 0.3) is 11.0 Å². The Bertz CT molecular complexity index is 1690. The number of fused-ring (bicyclic) bond motifs is 3. The zero-order valence-electron chi connectivity index (χ0n) is 25.7. The molecule has 2 aliphatic carbocycles. The van der Waals surface area contributed by atoms with Crippen LogP contribution in [0.5, 0.6) is 0 Å². The first kappa shape index (κ1) is 31.1. The fourth-order valence-electron chi connectivity index (χ4n) is 7.28. The summed E-state index contributed by atoms with van der Waals surface area (Å²) >= 11 is 10.1. The van der Waals surface area contributed by atoms with Gasteiger partial charge < -0.3 is 15.5 Å². The van der Waals surface area contributed by atoms with Gasteiger partial charge in [-0.15, -0.1) is 5.10 Å². The van der Waals surface area contributed by atoms with Gasteiger partial charge in [0.05, 0.1) is 23.8 Å². The summed E-state index contributed by atoms with van der Waals surface area (Å²) in [4.78, 5) is 36.8. The highest BCUT2D eigenvalue weighted by atomic mass is 79.9. The molecule has 0 spiro atoms. The van der Waals surface area contributed by atoms with Gasteiger partial charge in [0.25, 0.3) is 0 Å². The number of halogens is 2. The van der Waals surface area contributed by atoms with E-state index in [4.69, 9.17) is 16.6 Å². The van der Waals surface area contributed by atoms with Gasteiger partial charge in [-0.25, -0.2) is 9.48 Å². The van der Waals surface area contributed by atoms with Crippen LogP contribution in [-0.4, -0.2) is 80.0 Å². The fourth-order valence-corrected chi connectivity index (χ4v) is 7.85. The second kappa shape index (κ2) is 13.7. The molecule has 1 aliphatic heterocycles. The molecular weight excluding hydrogens is 668 g/mol. The molecule has 0 radical (unpaired) electrons. The van der Waals surface area contributed by atoms with E-state index in [1.807, 2.05) is 36.5 Å². The van der Waals surface area contributed by atoms with Crippen molar-refractivity contribution in [3.05, 3.63) is 86.6 Å². The molecule has 0 bridgehead atoms. The molecule has 4 aromatic rings. The molecule has 10 nitrogen and oxygen atoms in total. The maximum absolute atomic E-state index is 14.0. The van der Waals surface area contributed by atoms with E-state index >= 15 is 0 Å². The largest absolute Gasteiger partial charge is 0.352 e. The SMILES string of the molecule is O=C(NCCn1nnc2ccccc21)[C@H]1CN(C2c3ccc(Cl)cc3CCc3cc(Br)cnc32)CCN1C(=O)NC1CCCCC1. The lowest BCUT2D eigenvalue weighted by molar-refractivity contribution is -0.127. The summed E-state index contributed by atoms with van der Waals surface area (Å²) < 4.78 is 2.74. The monoisotopic (exact) mass is 704 g/mol. The average Bonchev–Trinajstić information content (AvgIpc) is 3.41. The van der Waals surface area contributed by atoms with E-state index in [9.17, 15) is 9.59 Å². The second-order valence-corrected chi connectivity index (χ2v) is 13.9. The van der Waals surface area contributed by atoms with Crippen molar-refractivity contribution in [2.75, 3.05) is 26.2 Å². The molecule has 3 amide bonds. The highest BCUT2D eigenvalue weighted by Gasteiger charge is 2.40. The number of piperazine rings is 1. The average molecular weight is 706 g/mol. The Balaban J connectivity index is 1.15. The lowest BCUT2D eigenvalue weighted by atomic mass is 9.95. The van der Waals surface area contributed by atoms with Crippen molar-refractivity contribution in [2.24, 2.45) is 0 Å². The highest BCUT2D eigenvalue weighted by Crippen LogP contribution is 2.38. The summed E-state index contributed by atoms with van der Waals surface area (Å²) in [5.74, 6) is -0.179. The minimum Gasteiger partial charge on any atom is -0.352 e. The lowest BCUT2D eigenvalue weighted by Gasteiger charge is -2.44. The number of aryl methyl sites for hydroxylation is 2. The summed E-state index contributed by atoms with van der Waals surface area (Å²) in [6, 6.07) is 15.1. The number of hydrogen-bond donors (Lipinski definition) is 2. The Hall–Kier alpha value is -3.54. The number of amides is 3. The van der Waals surface area contributed by atoms with Crippen LogP contribution in [0, 0.1) is 0 Å². The summed E-state index contributed by atoms with van der Waals surface area (Å²) in [5, 5.41) is 15.6. The first-order chi connectivity index (χ1) is 22.4. The second-order valence-electron chi connectivity index (χ2n) is 12.5. The molecule has 1 unspecified atom stereocenters. The summed E-state index contributed by atoms with van der Waals surface area (Å²) in [5.41, 5.74) is 6.22. The Morgan fingerprint density at radius 2 is 1.83 bits per heavy atom. The number of urea groups is 1. The third-order valence-corrected chi connectivity index (χ3v) is 10.3. The number of aromatic nitrogens is 4. The van der Waals surface area contributed by atoms with Crippen LogP contribution in [0.2, 0.25) is 5.02 Å². The van der Waals surface area contributed by atoms with Crippen molar-refractivity contribution in [2.45, 2.75) is 69.6 Å². The first-order valence-electron chi connectivity index (χ1n) is 16.2. The minimum atomic E-state index is -0.678. The minimum absolute atomic E-state index is 0.150. The van der Waals surface area contributed by atoms with Crippen molar-refractivity contribution in [1.82, 2.24) is 40.4 Å². The molecule has 2 aromatic carbocycles. The van der Waals surface area contributed by atoms with Gasteiger partial charge in [-0.05, 0) is 88.6 Å². The fraction of sp³-hybridized carbons (Fsp3) is 0.441. The molecule has 12 heteroatoms. The number of pyridine rings is 1. The maximum Gasteiger partial charge on any atom is 0.318 e. The van der Waals surface area contributed by atoms with Crippen LogP contribution in [-0.2, 0) is 24.2 Å². The molecule has 3 heterocycles. The summed E-state index contributed by atoms with van der Waals surface area (Å²) in [6.45, 7) is 2.25. The maximum atomic E-state index is 14.0. The molecule has 2 atom stereocenters. The van der Waals surface area contributed by atoms with Gasteiger partial charge in [-0.2, -0.15) is 0 Å². The van der Waals surface area contributed by atoms with Crippen molar-refractivity contribution >= 4 is 50.5 Å². The van der Waals surface area contributed by atoms with Crippen LogP contribution < -0.4 is 10.6 Å². The molecular formula is C34H38BrClN8O2. The number of rotatable bonds is 6. The smallest absolute Gasteiger partial charge is 0.318 e. The number of hydrogen-bond acceptors (Lipinski definition) is 6. The van der Waals surface area contributed by atoms with E-state index < -0.39 is 6.04 Å². The standard InChI is InChI=1S/C34H38BrClN8O2/c35-24-18-23-11-10-22-19-25(36)12-13-27(22)32(31(23)38-20-24)42-16-17-43(34(46)39-26-6-2-1-3-7-26)30(21-42)33(45)37-14-15-44-29-9-5-4-8-28(29)40-41-44/h4-5,8-9,12-13,18-20,26,30,32H,1-3,6-7,10-11,14-17,21H2,(H,37,45)(H,39,46)/t30-,32?/m1/s1. The third-order valence-electron chi connectivity index (χ3n) is 9.61. The van der Waals surface area contributed by atoms with Crippen molar-refractivity contribution in [1.29, 1.82) is 0 Å². The van der Waals surface area contributed by atoms with Crippen LogP contribution in [0.15, 0.2) is 59.2 Å². The number of nitrogens with zero attached hydrogens (tertiary/aromatic N) is 6. The number of nitrogens with one attached hydrogen (secondary N) is 2. The van der Waals surface area contributed by atoms with Crippen LogP contribution >= 0.6 is 27.5 Å². The predicted octanol–water partition coefficient (Wildman–Crippen LogP) is 5.28. The first-order valence-corrected chi connectivity index (χ1v) is 17.4. The number of carbonyl (C=O) groups is 2. The van der Waals surface area contributed by atoms with Crippen molar-refractivity contribution in [3.8, 4) is 0 Å². The topological polar surface area (TPSA) is 108 Å². The van der Waals surface area contributed by atoms with Gasteiger partial charge in [0, 0.05) is 47.9 Å². The highest BCUT2D eigenvalue weighted by molar-refractivity contribution is 9.10. The molecule has 240 valence electrons. The van der Waals surface area contributed by atoms with E-state index in [2.05, 4.69) is 60.0 Å². The quantitative estimate of drug-likeness (QED) is 0.283. The van der Waals surface area contributed by atoms with Crippen LogP contribution in [0.3, 0.4) is 0 Å². The lowest BCUT2D eigenvalue weighted by Crippen LogP contribution is -2.63. The van der Waals surface area contributed by atoms with E-state index in [0.717, 1.165) is 65.3 Å². The van der Waals surface area contributed by atoms with Crippen LogP contribution in [0.1, 0.15) is 60.5 Å². The van der Waals surface area contributed by atoms with Gasteiger partial charge in [0.15, 0.2) is 0 Å². The van der Waals surface area contributed by atoms with Gasteiger partial charge >= 0.3 is 6.03 Å². The Morgan fingerprint density at radius 3 is 2.70 bits per heavy atom. The van der Waals surface area contributed by atoms with Crippen molar-refractivity contribution < 1.29 is 9.59 Å². The van der Waals surface area contributed by atoms with E-state index in [0.29, 0.717) is 37.7 Å². The molecule has 46 heavy (non-hydrogen) atoms. The van der Waals surface area contributed by atoms with E-state index in [-0.39, 0.29) is 24.0 Å². The number of benzene rings is 2. The molecule has 7 rings (SSSR count). The molecule has 3 aliphatic rings. The van der Waals surface area contributed by atoms with Gasteiger partial charge in [0.2, 0.25) is 5.91 Å². The summed E-state index contributed by atoms with van der Waals surface area (Å²) in [7, 11) is 0. The van der Waals surface area contributed by atoms with E-state index in [1.165, 1.54) is 17.5 Å². The van der Waals surface area contributed by atoms with Gasteiger partial charge in [-0.3, -0.25) is 14.7 Å². The Labute approximate surface area is 282 Å². The molecule has 1 saturated carbocycles. The van der Waals surface area contributed by atoms with Crippen molar-refractivity contribution in [3.63, 3.8) is 0 Å². The molecule has 2 N–H and O–H groups in total. The Kier molecular flexibility index (Phi) is 9.24. The van der Waals surface area contributed by atoms with Gasteiger partial charge in [-0.1, -0.05) is 54.3 Å². The predicted molar refractivity (Wildman–Crippen MR) is 181 cm³/mol. The Morgan fingerprint density at radius 1 is 1.00 bits per heavy atom. The zero-order valence-corrected chi connectivity index (χ0v) is 28.0. The summed E-state index contributed by atoms with van der Waals surface area (Å²) in [6.07, 6.45) is 8.94.